The van der Waals surface area contributed by atoms with Crippen molar-refractivity contribution in [1.82, 2.24) is 0 Å². The first kappa shape index (κ1) is 27.6. The van der Waals surface area contributed by atoms with E-state index in [-0.39, 0.29) is 24.0 Å². The maximum Gasteiger partial charge on any atom is 0.279 e. The number of rotatable bonds is 8. The third-order valence-electron chi connectivity index (χ3n) is 7.75. The van der Waals surface area contributed by atoms with E-state index in [9.17, 15) is 26.3 Å². The van der Waals surface area contributed by atoms with Crippen LogP contribution in [0.25, 0.3) is 0 Å². The van der Waals surface area contributed by atoms with Crippen LogP contribution in [0.4, 0.5) is 26.3 Å². The maximum atomic E-state index is 14.9. The second-order valence-corrected chi connectivity index (χ2v) is 10.2. The lowest BCUT2D eigenvalue weighted by atomic mass is 9.77. The first-order valence-electron chi connectivity index (χ1n) is 12.7. The summed E-state index contributed by atoms with van der Waals surface area (Å²) in [6, 6.07) is 4.20. The molecule has 2 aromatic rings. The van der Waals surface area contributed by atoms with Crippen LogP contribution in [0.2, 0.25) is 0 Å². The van der Waals surface area contributed by atoms with Gasteiger partial charge in [-0.15, -0.1) is 0 Å². The van der Waals surface area contributed by atoms with Crippen molar-refractivity contribution in [2.24, 2.45) is 11.8 Å². The molecule has 9 heteroatoms. The lowest BCUT2D eigenvalue weighted by molar-refractivity contribution is -0.0434. The van der Waals surface area contributed by atoms with Crippen molar-refractivity contribution >= 4 is 0 Å². The first-order chi connectivity index (χ1) is 17.6. The van der Waals surface area contributed by atoms with Gasteiger partial charge in [0, 0.05) is 5.92 Å². The molecule has 1 saturated carbocycles. The normalized spacial score (nSPS) is 24.6. The minimum atomic E-state index is -3.79. The molecule has 4 rings (SSSR count). The summed E-state index contributed by atoms with van der Waals surface area (Å²) in [4.78, 5) is 0. The molecule has 2 fully saturated rings. The predicted octanol–water partition coefficient (Wildman–Crippen LogP) is 7.90. The molecule has 0 bridgehead atoms. The first-order valence-corrected chi connectivity index (χ1v) is 12.7. The molecule has 1 aliphatic heterocycles. The number of benzene rings is 2. The molecule has 0 N–H and O–H groups in total. The minimum absolute atomic E-state index is 0.0276. The van der Waals surface area contributed by atoms with Crippen LogP contribution in [-0.4, -0.2) is 26.4 Å². The Balaban J connectivity index is 1.37. The largest absolute Gasteiger partial charge is 0.494 e. The molecule has 1 saturated heterocycles. The van der Waals surface area contributed by atoms with E-state index in [0.717, 1.165) is 50.5 Å². The monoisotopic (exact) mass is 530 g/mol. The van der Waals surface area contributed by atoms with Crippen molar-refractivity contribution in [1.29, 1.82) is 0 Å². The third kappa shape index (κ3) is 6.02. The van der Waals surface area contributed by atoms with E-state index in [0.29, 0.717) is 12.3 Å². The van der Waals surface area contributed by atoms with Crippen LogP contribution in [0, 0.1) is 35.1 Å². The summed E-state index contributed by atoms with van der Waals surface area (Å²) in [5, 5.41) is 0. The summed E-state index contributed by atoms with van der Waals surface area (Å²) in [7, 11) is 1.15. The lowest BCUT2D eigenvalue weighted by Crippen LogP contribution is -2.33. The number of hydrogen-bond acceptors (Lipinski definition) is 3. The zero-order valence-corrected chi connectivity index (χ0v) is 21.0. The number of hydrogen-bond donors (Lipinski definition) is 0. The molecule has 1 heterocycles. The molecule has 2 atom stereocenters. The molecule has 0 aromatic heterocycles. The average Bonchev–Trinajstić information content (AvgIpc) is 2.88. The van der Waals surface area contributed by atoms with E-state index in [1.165, 1.54) is 18.9 Å². The van der Waals surface area contributed by atoms with E-state index >= 15 is 0 Å². The Hall–Kier alpha value is -2.42. The Morgan fingerprint density at radius 1 is 0.838 bits per heavy atom. The Morgan fingerprint density at radius 3 is 2.16 bits per heavy atom. The second kappa shape index (κ2) is 11.5. The van der Waals surface area contributed by atoms with Gasteiger partial charge in [0.2, 0.25) is 11.6 Å². The summed E-state index contributed by atoms with van der Waals surface area (Å²) in [6.07, 6.45) is 4.90. The van der Waals surface area contributed by atoms with Crippen LogP contribution < -0.4 is 9.47 Å². The van der Waals surface area contributed by atoms with Gasteiger partial charge < -0.3 is 14.2 Å². The molecule has 3 nitrogen and oxygen atoms in total. The Labute approximate surface area is 213 Å². The topological polar surface area (TPSA) is 27.7 Å². The van der Waals surface area contributed by atoms with E-state index in [2.05, 4.69) is 11.7 Å². The van der Waals surface area contributed by atoms with Gasteiger partial charge in [-0.1, -0.05) is 25.8 Å². The van der Waals surface area contributed by atoms with Crippen molar-refractivity contribution in [3.05, 3.63) is 58.7 Å². The van der Waals surface area contributed by atoms with Crippen LogP contribution in [-0.2, 0) is 10.7 Å². The van der Waals surface area contributed by atoms with Crippen molar-refractivity contribution in [2.45, 2.75) is 69.8 Å². The van der Waals surface area contributed by atoms with Gasteiger partial charge in [0.15, 0.2) is 23.1 Å². The van der Waals surface area contributed by atoms with E-state index < -0.39 is 59.4 Å². The summed E-state index contributed by atoms with van der Waals surface area (Å²) in [5.74, 6) is -9.59. The van der Waals surface area contributed by atoms with Gasteiger partial charge in [0.1, 0.15) is 0 Å². The van der Waals surface area contributed by atoms with Crippen molar-refractivity contribution < 1.29 is 40.6 Å². The maximum absolute atomic E-state index is 14.9. The zero-order valence-electron chi connectivity index (χ0n) is 21.0. The van der Waals surface area contributed by atoms with Crippen molar-refractivity contribution in [3.8, 4) is 11.5 Å². The molecule has 2 unspecified atom stereocenters. The van der Waals surface area contributed by atoms with Gasteiger partial charge in [0.05, 0.1) is 38.4 Å². The highest BCUT2D eigenvalue weighted by atomic mass is 19.3. The summed E-state index contributed by atoms with van der Waals surface area (Å²) in [6.45, 7) is 1.71. The molecule has 1 aliphatic carbocycles. The predicted molar refractivity (Wildman–Crippen MR) is 126 cm³/mol. The average molecular weight is 531 g/mol. The molecule has 0 radical (unpaired) electrons. The van der Waals surface area contributed by atoms with E-state index in [4.69, 9.17) is 9.47 Å². The van der Waals surface area contributed by atoms with Crippen LogP contribution in [0.1, 0.15) is 68.9 Å². The summed E-state index contributed by atoms with van der Waals surface area (Å²) in [5.41, 5.74) is -1.08. The van der Waals surface area contributed by atoms with Crippen molar-refractivity contribution in [3.63, 3.8) is 0 Å². The standard InChI is InChI=1S/C28H32F6O3/c1-16-3-5-17(6-4-16)21-10-7-18(15-37-21)19-8-9-20(25(30)24(19)29)28(33,34)13-14-36-23-12-11-22(35-2)26(31)27(23)32/h8-9,11-12,16-18,21H,3-7,10,13-15H2,1-2H3. The fourth-order valence-corrected chi connectivity index (χ4v) is 5.42. The highest BCUT2D eigenvalue weighted by Crippen LogP contribution is 2.41. The fourth-order valence-electron chi connectivity index (χ4n) is 5.42. The third-order valence-corrected chi connectivity index (χ3v) is 7.75. The minimum Gasteiger partial charge on any atom is -0.494 e. The van der Waals surface area contributed by atoms with Crippen LogP contribution in [0.15, 0.2) is 24.3 Å². The highest BCUT2D eigenvalue weighted by molar-refractivity contribution is 5.35. The SMILES string of the molecule is COc1ccc(OCCC(F)(F)c2ccc(C3CCC(C4CCC(C)CC4)OC3)c(F)c2F)c(F)c1F. The number of alkyl halides is 2. The van der Waals surface area contributed by atoms with Gasteiger partial charge >= 0.3 is 0 Å². The lowest BCUT2D eigenvalue weighted by Gasteiger charge is -2.37. The molecular weight excluding hydrogens is 498 g/mol. The molecular formula is C28H32F6O3. The molecule has 204 valence electrons. The molecule has 37 heavy (non-hydrogen) atoms. The van der Waals surface area contributed by atoms with Crippen molar-refractivity contribution in [2.75, 3.05) is 20.3 Å². The van der Waals surface area contributed by atoms with Gasteiger partial charge in [-0.2, -0.15) is 8.78 Å². The molecule has 2 aliphatic rings. The number of halogens is 6. The fraction of sp³-hybridized carbons (Fsp3) is 0.571. The van der Waals surface area contributed by atoms with Gasteiger partial charge in [-0.05, 0) is 61.3 Å². The van der Waals surface area contributed by atoms with Gasteiger partial charge in [-0.25, -0.2) is 17.6 Å². The summed E-state index contributed by atoms with van der Waals surface area (Å²) < 4.78 is 103. The smallest absolute Gasteiger partial charge is 0.279 e. The van der Waals surface area contributed by atoms with Gasteiger partial charge in [0.25, 0.3) is 5.92 Å². The Kier molecular flexibility index (Phi) is 8.61. The van der Waals surface area contributed by atoms with Gasteiger partial charge in [-0.3, -0.25) is 0 Å². The molecule has 0 amide bonds. The Morgan fingerprint density at radius 2 is 1.51 bits per heavy atom. The van der Waals surface area contributed by atoms with Crippen LogP contribution in [0.3, 0.4) is 0 Å². The second-order valence-electron chi connectivity index (χ2n) is 10.2. The Bertz CT molecular complexity index is 1080. The zero-order chi connectivity index (χ0) is 26.7. The molecule has 2 aromatic carbocycles. The van der Waals surface area contributed by atoms with Crippen LogP contribution in [0.5, 0.6) is 11.5 Å². The van der Waals surface area contributed by atoms with Crippen LogP contribution >= 0.6 is 0 Å². The number of ether oxygens (including phenoxy) is 3. The molecule has 0 spiro atoms. The van der Waals surface area contributed by atoms with E-state index in [1.54, 1.807) is 0 Å². The highest BCUT2D eigenvalue weighted by Gasteiger charge is 2.38. The quantitative estimate of drug-likeness (QED) is 0.325. The van der Waals surface area contributed by atoms with E-state index in [1.807, 2.05) is 0 Å². The number of methoxy groups -OCH3 is 1. The summed E-state index contributed by atoms with van der Waals surface area (Å²) >= 11 is 0.